The highest BCUT2D eigenvalue weighted by Gasteiger charge is 2.25. The number of carbonyl (C=O) groups excluding carboxylic acids is 1. The van der Waals surface area contributed by atoms with E-state index in [0.29, 0.717) is 0 Å². The molecule has 0 bridgehead atoms. The summed E-state index contributed by atoms with van der Waals surface area (Å²) in [6.07, 6.45) is 1.68. The number of hydrogen-bond acceptors (Lipinski definition) is 4. The van der Waals surface area contributed by atoms with Crippen LogP contribution in [0.3, 0.4) is 0 Å². The number of ether oxygens (including phenoxy) is 2. The molecule has 0 radical (unpaired) electrons. The van der Waals surface area contributed by atoms with Crippen LogP contribution in [0, 0.1) is 5.82 Å². The summed E-state index contributed by atoms with van der Waals surface area (Å²) in [4.78, 5) is 16.0. The third-order valence-corrected chi connectivity index (χ3v) is 3.28. The highest BCUT2D eigenvalue weighted by Crippen LogP contribution is 2.22. The zero-order valence-corrected chi connectivity index (χ0v) is 13.3. The third kappa shape index (κ3) is 3.51. The van der Waals surface area contributed by atoms with Crippen LogP contribution in [0.4, 0.5) is 4.39 Å². The van der Waals surface area contributed by atoms with Gasteiger partial charge < -0.3 is 9.47 Å². The quantitative estimate of drug-likeness (QED) is 0.631. The Kier molecular flexibility index (Phi) is 4.42. The fourth-order valence-corrected chi connectivity index (χ4v) is 2.23. The minimum atomic E-state index is -0.601. The van der Waals surface area contributed by atoms with Gasteiger partial charge in [-0.15, -0.1) is 0 Å². The van der Waals surface area contributed by atoms with Crippen molar-refractivity contribution in [1.82, 2.24) is 0 Å². The summed E-state index contributed by atoms with van der Waals surface area (Å²) < 4.78 is 24.4. The number of nitrogens with zero attached hydrogens (tertiary/aromatic N) is 1. The van der Waals surface area contributed by atoms with E-state index in [4.69, 9.17) is 9.47 Å². The Morgan fingerprint density at radius 1 is 1.12 bits per heavy atom. The lowest BCUT2D eigenvalue weighted by Crippen LogP contribution is -2.07. The molecular weight excluding hydrogens is 309 g/mol. The molecule has 0 aliphatic carbocycles. The number of benzene rings is 2. The summed E-state index contributed by atoms with van der Waals surface area (Å²) in [5.41, 5.74) is 1.07. The number of aliphatic imine (C=N–C) groups is 1. The van der Waals surface area contributed by atoms with Gasteiger partial charge >= 0.3 is 5.97 Å². The van der Waals surface area contributed by atoms with Crippen molar-refractivity contribution in [3.63, 3.8) is 0 Å². The monoisotopic (exact) mass is 325 g/mol. The van der Waals surface area contributed by atoms with Gasteiger partial charge in [0.1, 0.15) is 11.6 Å². The van der Waals surface area contributed by atoms with Crippen LogP contribution >= 0.6 is 0 Å². The molecule has 122 valence electrons. The van der Waals surface area contributed by atoms with Gasteiger partial charge in [0.15, 0.2) is 5.70 Å². The van der Waals surface area contributed by atoms with Gasteiger partial charge in [-0.3, -0.25) is 0 Å². The van der Waals surface area contributed by atoms with E-state index in [0.717, 1.165) is 11.3 Å². The van der Waals surface area contributed by atoms with Crippen molar-refractivity contribution in [2.45, 2.75) is 20.0 Å². The second kappa shape index (κ2) is 6.66. The topological polar surface area (TPSA) is 47.9 Å². The van der Waals surface area contributed by atoms with E-state index in [2.05, 4.69) is 4.99 Å². The molecule has 1 aliphatic rings. The van der Waals surface area contributed by atoms with E-state index in [1.807, 2.05) is 38.1 Å². The first-order valence-electron chi connectivity index (χ1n) is 7.57. The van der Waals surface area contributed by atoms with E-state index >= 15 is 0 Å². The lowest BCUT2D eigenvalue weighted by atomic mass is 10.2. The first kappa shape index (κ1) is 15.9. The average molecular weight is 325 g/mol. The molecule has 24 heavy (non-hydrogen) atoms. The third-order valence-electron chi connectivity index (χ3n) is 3.28. The van der Waals surface area contributed by atoms with E-state index in [1.54, 1.807) is 18.2 Å². The normalized spacial score (nSPS) is 15.6. The Bertz CT molecular complexity index is 823. The van der Waals surface area contributed by atoms with Crippen LogP contribution in [0.15, 0.2) is 59.2 Å². The van der Waals surface area contributed by atoms with Gasteiger partial charge in [0.25, 0.3) is 0 Å². The molecule has 0 N–H and O–H groups in total. The van der Waals surface area contributed by atoms with Gasteiger partial charge in [-0.1, -0.05) is 24.3 Å². The molecular formula is C19H16FNO3. The Morgan fingerprint density at radius 3 is 2.50 bits per heavy atom. The zero-order valence-electron chi connectivity index (χ0n) is 13.3. The number of cyclic esters (lactones) is 1. The molecule has 5 heteroatoms. The molecule has 0 unspecified atom stereocenters. The summed E-state index contributed by atoms with van der Waals surface area (Å²) in [5, 5.41) is 0. The number of carbonyl (C=O) groups is 1. The Labute approximate surface area is 139 Å². The van der Waals surface area contributed by atoms with Gasteiger partial charge in [0.2, 0.25) is 5.90 Å². The molecule has 0 fully saturated rings. The molecule has 2 aromatic rings. The Balaban J connectivity index is 1.85. The van der Waals surface area contributed by atoms with Crippen molar-refractivity contribution < 1.29 is 18.7 Å². The molecule has 3 rings (SSSR count). The summed E-state index contributed by atoms with van der Waals surface area (Å²) in [7, 11) is 0. The zero-order chi connectivity index (χ0) is 17.1. The summed E-state index contributed by atoms with van der Waals surface area (Å²) in [6, 6.07) is 13.3. The van der Waals surface area contributed by atoms with Crippen molar-refractivity contribution in [3.05, 3.63) is 71.2 Å². The van der Waals surface area contributed by atoms with E-state index in [1.165, 1.54) is 12.1 Å². The molecule has 0 amide bonds. The van der Waals surface area contributed by atoms with Gasteiger partial charge in [-0.25, -0.2) is 14.2 Å². The van der Waals surface area contributed by atoms with Crippen LogP contribution in [0.2, 0.25) is 0 Å². The second-order valence-electron chi connectivity index (χ2n) is 5.55. The molecule has 4 nitrogen and oxygen atoms in total. The van der Waals surface area contributed by atoms with Gasteiger partial charge in [-0.05, 0) is 49.8 Å². The van der Waals surface area contributed by atoms with Crippen LogP contribution in [0.25, 0.3) is 6.08 Å². The maximum Gasteiger partial charge on any atom is 0.363 e. The summed E-state index contributed by atoms with van der Waals surface area (Å²) >= 11 is 0. The standard InChI is InChI=1S/C19H16FNO3/c1-12(2)23-14-9-7-13(8-10-14)11-17-19(22)24-18(21-17)15-5-3-4-6-16(15)20/h3-12H,1-2H3/b17-11-. The number of rotatable bonds is 4. The maximum atomic E-state index is 13.8. The number of hydrogen-bond donors (Lipinski definition) is 0. The molecule has 0 saturated carbocycles. The predicted octanol–water partition coefficient (Wildman–Crippen LogP) is 3.96. The van der Waals surface area contributed by atoms with Crippen molar-refractivity contribution in [1.29, 1.82) is 0 Å². The van der Waals surface area contributed by atoms with Crippen molar-refractivity contribution in [2.75, 3.05) is 0 Å². The van der Waals surface area contributed by atoms with Gasteiger partial charge in [0.05, 0.1) is 11.7 Å². The SMILES string of the molecule is CC(C)Oc1ccc(/C=C2\N=C(c3ccccc3F)OC2=O)cc1. The molecule has 0 atom stereocenters. The second-order valence-corrected chi connectivity index (χ2v) is 5.55. The first-order chi connectivity index (χ1) is 11.5. The molecule has 2 aromatic carbocycles. The van der Waals surface area contributed by atoms with Crippen molar-refractivity contribution in [2.24, 2.45) is 4.99 Å². The van der Waals surface area contributed by atoms with Crippen molar-refractivity contribution >= 4 is 17.9 Å². The van der Waals surface area contributed by atoms with Crippen LogP contribution in [-0.4, -0.2) is 18.0 Å². The molecule has 0 saturated heterocycles. The van der Waals surface area contributed by atoms with Crippen LogP contribution in [0.5, 0.6) is 5.75 Å². The maximum absolute atomic E-state index is 13.8. The van der Waals surface area contributed by atoms with Crippen LogP contribution < -0.4 is 4.74 Å². The summed E-state index contributed by atoms with van der Waals surface area (Å²) in [5.74, 6) is -0.364. The van der Waals surface area contributed by atoms with E-state index < -0.39 is 11.8 Å². The lowest BCUT2D eigenvalue weighted by Gasteiger charge is -2.09. The molecule has 1 aliphatic heterocycles. The van der Waals surface area contributed by atoms with E-state index in [-0.39, 0.29) is 23.3 Å². The minimum Gasteiger partial charge on any atom is -0.491 e. The smallest absolute Gasteiger partial charge is 0.363 e. The van der Waals surface area contributed by atoms with Crippen LogP contribution in [0.1, 0.15) is 25.0 Å². The molecule has 0 aromatic heterocycles. The Morgan fingerprint density at radius 2 is 1.83 bits per heavy atom. The van der Waals surface area contributed by atoms with Gasteiger partial charge in [-0.2, -0.15) is 0 Å². The predicted molar refractivity (Wildman–Crippen MR) is 89.2 cm³/mol. The minimum absolute atomic E-state index is 0.0240. The molecule has 1 heterocycles. The number of esters is 1. The first-order valence-corrected chi connectivity index (χ1v) is 7.57. The summed E-state index contributed by atoms with van der Waals surface area (Å²) in [6.45, 7) is 3.90. The molecule has 0 spiro atoms. The fraction of sp³-hybridized carbons (Fsp3) is 0.158. The number of halogens is 1. The largest absolute Gasteiger partial charge is 0.491 e. The highest BCUT2D eigenvalue weighted by atomic mass is 19.1. The van der Waals surface area contributed by atoms with Crippen molar-refractivity contribution in [3.8, 4) is 5.75 Å². The average Bonchev–Trinajstić information content (AvgIpc) is 2.90. The van der Waals surface area contributed by atoms with Crippen LogP contribution in [-0.2, 0) is 9.53 Å². The highest BCUT2D eigenvalue weighted by molar-refractivity contribution is 6.12. The van der Waals surface area contributed by atoms with E-state index in [9.17, 15) is 9.18 Å². The fourth-order valence-electron chi connectivity index (χ4n) is 2.23. The lowest BCUT2D eigenvalue weighted by molar-refractivity contribution is -0.129. The Hall–Kier alpha value is -2.95. The van der Waals surface area contributed by atoms with Gasteiger partial charge in [0, 0.05) is 0 Å².